The molecule has 3 N–H and O–H groups in total. The van der Waals surface area contributed by atoms with Gasteiger partial charge in [0.1, 0.15) is 39.6 Å². The number of pyridine rings is 1. The lowest BCUT2D eigenvalue weighted by atomic mass is 9.81. The maximum atomic E-state index is 13.6. The number of aliphatic hydroxyl groups is 3. The SMILES string of the molecule is OC[C@@]1(c2cccnc2Br)O[C@H](S)[C@H](O)[C@@H](n2cc(-c3cc(F)c(F)c(F)c3)nn2)[C@H]1O. The molecule has 1 aromatic carbocycles. The fourth-order valence-corrected chi connectivity index (χ4v) is 4.64. The second-order valence-electron chi connectivity index (χ2n) is 7.16. The van der Waals surface area contributed by atoms with Gasteiger partial charge >= 0.3 is 0 Å². The average Bonchev–Trinajstić information content (AvgIpc) is 3.25. The number of thiol groups is 1. The second-order valence-corrected chi connectivity index (χ2v) is 8.42. The molecule has 170 valence electrons. The lowest BCUT2D eigenvalue weighted by molar-refractivity contribution is -0.243. The van der Waals surface area contributed by atoms with Crippen molar-refractivity contribution in [3.63, 3.8) is 0 Å². The highest BCUT2D eigenvalue weighted by molar-refractivity contribution is 9.10. The van der Waals surface area contributed by atoms with Crippen LogP contribution in [0.5, 0.6) is 0 Å². The molecular weight excluding hydrogens is 517 g/mol. The van der Waals surface area contributed by atoms with Gasteiger partial charge in [0, 0.05) is 17.3 Å². The first-order valence-electron chi connectivity index (χ1n) is 9.20. The van der Waals surface area contributed by atoms with Crippen molar-refractivity contribution in [1.29, 1.82) is 0 Å². The number of rotatable bonds is 4. The Morgan fingerprint density at radius 2 is 1.91 bits per heavy atom. The van der Waals surface area contributed by atoms with Crippen LogP contribution in [0.25, 0.3) is 11.3 Å². The number of benzene rings is 1. The second kappa shape index (κ2) is 8.72. The van der Waals surface area contributed by atoms with Gasteiger partial charge in [0.25, 0.3) is 0 Å². The zero-order chi connectivity index (χ0) is 23.2. The van der Waals surface area contributed by atoms with E-state index in [4.69, 9.17) is 4.74 Å². The summed E-state index contributed by atoms with van der Waals surface area (Å²) in [5.41, 5.74) is -2.76. The standard InChI is InChI=1S/C19H16BrF3N4O4S/c20-17-9(2-1-3-24-17)19(7-28)16(30)14(15(29)18(32)31-19)27-6-12(25-26-27)8-4-10(21)13(23)11(22)5-8/h1-6,14-16,18,28-30,32H,7H2/t14-,15-,16-,18-,19+/m1/s1. The van der Waals surface area contributed by atoms with Crippen LogP contribution in [0, 0.1) is 17.5 Å². The van der Waals surface area contributed by atoms with Crippen LogP contribution >= 0.6 is 28.6 Å². The van der Waals surface area contributed by atoms with Gasteiger partial charge in [-0.2, -0.15) is 0 Å². The molecule has 0 saturated carbocycles. The molecule has 0 amide bonds. The summed E-state index contributed by atoms with van der Waals surface area (Å²) < 4.78 is 47.6. The van der Waals surface area contributed by atoms with Crippen molar-refractivity contribution in [2.45, 2.75) is 29.3 Å². The van der Waals surface area contributed by atoms with Crippen molar-refractivity contribution in [2.24, 2.45) is 0 Å². The van der Waals surface area contributed by atoms with E-state index in [9.17, 15) is 28.5 Å². The Kier molecular flexibility index (Phi) is 6.31. The van der Waals surface area contributed by atoms with Crippen LogP contribution in [0.15, 0.2) is 41.3 Å². The molecular formula is C19H16BrF3N4O4S. The fraction of sp³-hybridized carbons (Fsp3) is 0.316. The summed E-state index contributed by atoms with van der Waals surface area (Å²) in [6.45, 7) is -0.700. The van der Waals surface area contributed by atoms with E-state index in [0.29, 0.717) is 10.2 Å². The minimum Gasteiger partial charge on any atom is -0.393 e. The Morgan fingerprint density at radius 1 is 1.22 bits per heavy atom. The van der Waals surface area contributed by atoms with E-state index in [1.165, 1.54) is 12.4 Å². The Hall–Kier alpha value is -2.03. The number of aromatic nitrogens is 4. The first-order chi connectivity index (χ1) is 15.2. The van der Waals surface area contributed by atoms with Crippen molar-refractivity contribution < 1.29 is 33.2 Å². The zero-order valence-corrected chi connectivity index (χ0v) is 18.5. The van der Waals surface area contributed by atoms with Gasteiger partial charge in [0.05, 0.1) is 12.8 Å². The number of hydrogen-bond donors (Lipinski definition) is 4. The third-order valence-electron chi connectivity index (χ3n) is 5.32. The minimum atomic E-state index is -1.75. The van der Waals surface area contributed by atoms with E-state index in [0.717, 1.165) is 16.8 Å². The molecule has 0 unspecified atom stereocenters. The summed E-state index contributed by atoms with van der Waals surface area (Å²) in [5.74, 6) is -4.43. The Labute approximate surface area is 193 Å². The van der Waals surface area contributed by atoms with E-state index < -0.39 is 53.3 Å². The third kappa shape index (κ3) is 3.72. The van der Waals surface area contributed by atoms with E-state index in [2.05, 4.69) is 43.9 Å². The molecule has 0 aliphatic carbocycles. The fourth-order valence-electron chi connectivity index (χ4n) is 3.69. The highest BCUT2D eigenvalue weighted by Gasteiger charge is 2.56. The summed E-state index contributed by atoms with van der Waals surface area (Å²) in [7, 11) is 0. The van der Waals surface area contributed by atoms with Gasteiger partial charge in [-0.15, -0.1) is 17.7 Å². The predicted octanol–water partition coefficient (Wildman–Crippen LogP) is 1.96. The Morgan fingerprint density at radius 3 is 2.53 bits per heavy atom. The summed E-state index contributed by atoms with van der Waals surface area (Å²) >= 11 is 7.50. The molecule has 1 saturated heterocycles. The van der Waals surface area contributed by atoms with Crippen molar-refractivity contribution in [2.75, 3.05) is 6.61 Å². The lowest BCUT2D eigenvalue weighted by Gasteiger charge is -2.48. The largest absolute Gasteiger partial charge is 0.393 e. The van der Waals surface area contributed by atoms with Crippen molar-refractivity contribution in [3.8, 4) is 11.3 Å². The van der Waals surface area contributed by atoms with Crippen LogP contribution < -0.4 is 0 Å². The van der Waals surface area contributed by atoms with Gasteiger partial charge in [-0.3, -0.25) is 0 Å². The first-order valence-corrected chi connectivity index (χ1v) is 10.5. The normalized spacial score (nSPS) is 28.1. The van der Waals surface area contributed by atoms with Crippen LogP contribution in [0.4, 0.5) is 13.2 Å². The van der Waals surface area contributed by atoms with Gasteiger partial charge in [-0.1, -0.05) is 11.3 Å². The highest BCUT2D eigenvalue weighted by Crippen LogP contribution is 2.45. The number of hydrogen-bond acceptors (Lipinski definition) is 8. The van der Waals surface area contributed by atoms with Crippen LogP contribution in [-0.2, 0) is 10.3 Å². The van der Waals surface area contributed by atoms with Crippen LogP contribution in [-0.4, -0.2) is 59.5 Å². The molecule has 2 aromatic heterocycles. The van der Waals surface area contributed by atoms with Crippen molar-refractivity contribution in [3.05, 3.63) is 64.3 Å². The van der Waals surface area contributed by atoms with Gasteiger partial charge < -0.3 is 20.1 Å². The minimum absolute atomic E-state index is 0.0402. The molecule has 1 aliphatic rings. The van der Waals surface area contributed by atoms with E-state index >= 15 is 0 Å². The van der Waals surface area contributed by atoms with Crippen LogP contribution in [0.1, 0.15) is 11.6 Å². The average molecular weight is 533 g/mol. The van der Waals surface area contributed by atoms with Crippen LogP contribution in [0.3, 0.4) is 0 Å². The monoisotopic (exact) mass is 532 g/mol. The van der Waals surface area contributed by atoms with E-state index in [1.807, 2.05) is 0 Å². The molecule has 0 bridgehead atoms. The highest BCUT2D eigenvalue weighted by atomic mass is 79.9. The summed E-state index contributed by atoms with van der Waals surface area (Å²) in [4.78, 5) is 4.08. The van der Waals surface area contributed by atoms with Gasteiger partial charge in [-0.25, -0.2) is 22.8 Å². The van der Waals surface area contributed by atoms with E-state index in [1.54, 1.807) is 12.1 Å². The molecule has 32 heavy (non-hydrogen) atoms. The third-order valence-corrected chi connectivity index (χ3v) is 6.36. The summed E-state index contributed by atoms with van der Waals surface area (Å²) in [6, 6.07) is 3.41. The number of nitrogens with zero attached hydrogens (tertiary/aromatic N) is 4. The Bertz CT molecular complexity index is 1130. The van der Waals surface area contributed by atoms with E-state index in [-0.39, 0.29) is 11.3 Å². The van der Waals surface area contributed by atoms with Crippen molar-refractivity contribution >= 4 is 28.6 Å². The van der Waals surface area contributed by atoms with Gasteiger partial charge in [-0.05, 0) is 34.1 Å². The topological polar surface area (TPSA) is 114 Å². The molecule has 5 atom stereocenters. The Balaban J connectivity index is 1.77. The predicted molar refractivity (Wildman–Crippen MR) is 111 cm³/mol. The maximum absolute atomic E-state index is 13.6. The molecule has 3 aromatic rings. The number of aliphatic hydroxyl groups excluding tert-OH is 3. The molecule has 1 aliphatic heterocycles. The number of halogens is 4. The number of ether oxygens (including phenoxy) is 1. The zero-order valence-electron chi connectivity index (χ0n) is 16.0. The molecule has 8 nitrogen and oxygen atoms in total. The molecule has 4 rings (SSSR count). The lowest BCUT2D eigenvalue weighted by Crippen LogP contribution is -2.60. The molecule has 0 spiro atoms. The molecule has 3 heterocycles. The summed E-state index contributed by atoms with van der Waals surface area (Å²) in [5, 5.41) is 39.8. The molecule has 0 radical (unpaired) electrons. The quantitative estimate of drug-likeness (QED) is 0.231. The first kappa shape index (κ1) is 23.1. The van der Waals surface area contributed by atoms with Gasteiger partial charge in [0.15, 0.2) is 17.5 Å². The summed E-state index contributed by atoms with van der Waals surface area (Å²) in [6.07, 6.45) is -0.291. The van der Waals surface area contributed by atoms with Crippen molar-refractivity contribution in [1.82, 2.24) is 20.0 Å². The molecule has 13 heteroatoms. The van der Waals surface area contributed by atoms with Crippen LogP contribution in [0.2, 0.25) is 0 Å². The maximum Gasteiger partial charge on any atom is 0.194 e. The van der Waals surface area contributed by atoms with Gasteiger partial charge in [0.2, 0.25) is 0 Å². The molecule has 1 fully saturated rings. The smallest absolute Gasteiger partial charge is 0.194 e.